The Hall–Kier alpha value is -1.63. The molecule has 1 heterocycles. The third kappa shape index (κ3) is 4.96. The van der Waals surface area contributed by atoms with Gasteiger partial charge in [0.2, 0.25) is 0 Å². The van der Waals surface area contributed by atoms with Crippen molar-refractivity contribution in [3.8, 4) is 11.5 Å². The summed E-state index contributed by atoms with van der Waals surface area (Å²) in [5, 5.41) is 11.3. The Bertz CT molecular complexity index is 752. The van der Waals surface area contributed by atoms with Gasteiger partial charge in [0.1, 0.15) is 10.0 Å². The molecule has 0 aliphatic heterocycles. The van der Waals surface area contributed by atoms with Gasteiger partial charge in [-0.3, -0.25) is 0 Å². The number of rotatable bonds is 8. The number of nitrogens with one attached hydrogen (secondary N) is 1. The van der Waals surface area contributed by atoms with Gasteiger partial charge in [-0.2, -0.15) is 8.78 Å². The molecule has 0 amide bonds. The number of aliphatic hydroxyl groups is 1. The van der Waals surface area contributed by atoms with E-state index in [4.69, 9.17) is 27.9 Å². The number of hydrogen-bond donors (Lipinski definition) is 1. The van der Waals surface area contributed by atoms with Gasteiger partial charge >= 0.3 is 6.61 Å². The molecule has 0 radical (unpaired) electrons. The maximum absolute atomic E-state index is 12.6. The van der Waals surface area contributed by atoms with E-state index in [9.17, 15) is 13.9 Å². The second-order valence-electron chi connectivity index (χ2n) is 6.19. The number of aromatic amines is 1. The Morgan fingerprint density at radius 1 is 1.15 bits per heavy atom. The zero-order valence-corrected chi connectivity index (χ0v) is 15.2. The summed E-state index contributed by atoms with van der Waals surface area (Å²) in [5.41, 5.74) is 1.09. The van der Waals surface area contributed by atoms with Crippen molar-refractivity contribution < 1.29 is 28.3 Å². The van der Waals surface area contributed by atoms with Crippen molar-refractivity contribution in [3.63, 3.8) is 0 Å². The number of hydrogen-bond acceptors (Lipinski definition) is 3. The van der Waals surface area contributed by atoms with Crippen LogP contribution in [0.1, 0.15) is 30.1 Å². The van der Waals surface area contributed by atoms with Gasteiger partial charge in [-0.15, -0.1) is 0 Å². The normalized spacial score (nSPS) is 15.2. The average Bonchev–Trinajstić information content (AvgIpc) is 3.41. The molecule has 1 aliphatic rings. The molecular weight excluding hydrogens is 387 g/mol. The Balaban J connectivity index is 1.80. The lowest BCUT2D eigenvalue weighted by Crippen LogP contribution is -2.09. The minimum absolute atomic E-state index is 0.0537. The minimum Gasteiger partial charge on any atom is -0.489 e. The van der Waals surface area contributed by atoms with Crippen LogP contribution in [-0.2, 0) is 6.42 Å². The molecule has 1 aromatic carbocycles. The van der Waals surface area contributed by atoms with Gasteiger partial charge in [0, 0.05) is 12.0 Å². The number of pyridine rings is 1. The maximum atomic E-state index is 12.6. The highest BCUT2D eigenvalue weighted by Gasteiger charge is 2.24. The number of alkyl halides is 2. The lowest BCUT2D eigenvalue weighted by molar-refractivity contribution is -0.377. The molecule has 26 heavy (non-hydrogen) atoms. The Morgan fingerprint density at radius 3 is 2.46 bits per heavy atom. The first-order chi connectivity index (χ1) is 12.4. The predicted octanol–water partition coefficient (Wildman–Crippen LogP) is 4.47. The first kappa shape index (κ1) is 19.1. The van der Waals surface area contributed by atoms with Crippen LogP contribution in [0.3, 0.4) is 0 Å². The highest BCUT2D eigenvalue weighted by atomic mass is 35.5. The molecule has 2 aromatic rings. The summed E-state index contributed by atoms with van der Waals surface area (Å²) in [6.45, 7) is -2.52. The third-order valence-corrected chi connectivity index (χ3v) is 4.81. The molecule has 1 unspecified atom stereocenters. The first-order valence-electron chi connectivity index (χ1n) is 8.17. The van der Waals surface area contributed by atoms with Gasteiger partial charge < -0.3 is 14.6 Å². The van der Waals surface area contributed by atoms with Gasteiger partial charge in [-0.1, -0.05) is 29.3 Å². The molecule has 0 bridgehead atoms. The summed E-state index contributed by atoms with van der Waals surface area (Å²) in [4.78, 5) is 2.80. The molecule has 1 atom stereocenters. The molecule has 1 saturated carbocycles. The average molecular weight is 405 g/mol. The van der Waals surface area contributed by atoms with Crippen LogP contribution in [0.25, 0.3) is 0 Å². The van der Waals surface area contributed by atoms with E-state index in [1.54, 1.807) is 12.4 Å². The Kier molecular flexibility index (Phi) is 6.16. The monoisotopic (exact) mass is 404 g/mol. The first-order valence-corrected chi connectivity index (χ1v) is 8.93. The number of halogens is 4. The number of benzene rings is 1. The molecular formula is C18H18Cl2F2NO3+. The molecule has 0 spiro atoms. The summed E-state index contributed by atoms with van der Waals surface area (Å²) in [7, 11) is 0. The summed E-state index contributed by atoms with van der Waals surface area (Å²) >= 11 is 12.2. The van der Waals surface area contributed by atoms with Crippen molar-refractivity contribution in [1.29, 1.82) is 0 Å². The molecule has 2 N–H and O–H groups in total. The highest BCUT2D eigenvalue weighted by molar-refractivity contribution is 6.35. The van der Waals surface area contributed by atoms with E-state index >= 15 is 0 Å². The van der Waals surface area contributed by atoms with Crippen molar-refractivity contribution in [2.45, 2.75) is 32.0 Å². The van der Waals surface area contributed by atoms with Crippen LogP contribution in [0.15, 0.2) is 30.6 Å². The highest BCUT2D eigenvalue weighted by Crippen LogP contribution is 2.36. The van der Waals surface area contributed by atoms with E-state index < -0.39 is 12.7 Å². The van der Waals surface area contributed by atoms with Crippen LogP contribution in [0.4, 0.5) is 8.78 Å². The topological polar surface area (TPSA) is 52.8 Å². The van der Waals surface area contributed by atoms with E-state index in [-0.39, 0.29) is 17.9 Å². The van der Waals surface area contributed by atoms with Crippen LogP contribution in [0.5, 0.6) is 11.5 Å². The van der Waals surface area contributed by atoms with Crippen LogP contribution in [-0.4, -0.2) is 18.3 Å². The zero-order chi connectivity index (χ0) is 18.7. The van der Waals surface area contributed by atoms with Crippen LogP contribution in [0, 0.1) is 5.92 Å². The standard InChI is InChI=1S/C18H17Cl2F2NO3/c19-13-7-23-8-14(20)12(13)6-15(24)11-3-4-16(26-18(21)22)17(5-11)25-9-10-1-2-10/h3-5,7-8,10,15,18,24H,1-2,6,9H2/p+1. The fraction of sp³-hybridized carbons (Fsp3) is 0.389. The summed E-state index contributed by atoms with van der Waals surface area (Å²) in [6, 6.07) is 4.40. The molecule has 0 saturated heterocycles. The quantitative estimate of drug-likeness (QED) is 0.705. The van der Waals surface area contributed by atoms with Crippen molar-refractivity contribution in [3.05, 3.63) is 51.8 Å². The van der Waals surface area contributed by atoms with E-state index in [2.05, 4.69) is 9.72 Å². The van der Waals surface area contributed by atoms with Gasteiger partial charge in [0.25, 0.3) is 0 Å². The second-order valence-corrected chi connectivity index (χ2v) is 7.00. The summed E-state index contributed by atoms with van der Waals surface area (Å²) in [6.07, 6.45) is 4.50. The molecule has 3 rings (SSSR count). The Morgan fingerprint density at radius 2 is 1.85 bits per heavy atom. The SMILES string of the molecule is OC(Cc1c(Cl)c[nH+]cc1Cl)c1ccc(OC(F)F)c(OCC2CC2)c1. The number of ether oxygens (including phenoxy) is 2. The summed E-state index contributed by atoms with van der Waals surface area (Å²) in [5.74, 6) is 0.579. The summed E-state index contributed by atoms with van der Waals surface area (Å²) < 4.78 is 35.3. The molecule has 4 nitrogen and oxygen atoms in total. The number of aliphatic hydroxyl groups excluding tert-OH is 1. The minimum atomic E-state index is -2.95. The maximum Gasteiger partial charge on any atom is 0.387 e. The Labute approximate surface area is 159 Å². The molecule has 8 heteroatoms. The van der Waals surface area contributed by atoms with Crippen molar-refractivity contribution >= 4 is 23.2 Å². The van der Waals surface area contributed by atoms with E-state index in [1.807, 2.05) is 0 Å². The van der Waals surface area contributed by atoms with Crippen LogP contribution in [0.2, 0.25) is 10.0 Å². The molecule has 1 fully saturated rings. The van der Waals surface area contributed by atoms with Crippen molar-refractivity contribution in [1.82, 2.24) is 0 Å². The van der Waals surface area contributed by atoms with Gasteiger partial charge in [-0.05, 0) is 36.5 Å². The molecule has 1 aliphatic carbocycles. The van der Waals surface area contributed by atoms with Gasteiger partial charge in [-0.25, -0.2) is 4.98 Å². The van der Waals surface area contributed by atoms with Crippen molar-refractivity contribution in [2.24, 2.45) is 5.92 Å². The lowest BCUT2D eigenvalue weighted by atomic mass is 10.0. The van der Waals surface area contributed by atoms with E-state index in [1.165, 1.54) is 18.2 Å². The zero-order valence-electron chi connectivity index (χ0n) is 13.7. The number of aromatic nitrogens is 1. The fourth-order valence-corrected chi connectivity index (χ4v) is 3.04. The largest absolute Gasteiger partial charge is 0.489 e. The predicted molar refractivity (Wildman–Crippen MR) is 93.0 cm³/mol. The van der Waals surface area contributed by atoms with Gasteiger partial charge in [0.15, 0.2) is 23.9 Å². The third-order valence-electron chi connectivity index (χ3n) is 4.13. The van der Waals surface area contributed by atoms with Gasteiger partial charge in [0.05, 0.1) is 12.7 Å². The second kappa shape index (κ2) is 8.37. The van der Waals surface area contributed by atoms with Crippen LogP contribution < -0.4 is 14.5 Å². The van der Waals surface area contributed by atoms with E-state index in [0.29, 0.717) is 33.7 Å². The molecule has 1 aromatic heterocycles. The number of H-pyrrole nitrogens is 1. The van der Waals surface area contributed by atoms with Crippen molar-refractivity contribution in [2.75, 3.05) is 6.61 Å². The molecule has 140 valence electrons. The fourth-order valence-electron chi connectivity index (χ4n) is 2.51. The lowest BCUT2D eigenvalue weighted by Gasteiger charge is -2.17. The van der Waals surface area contributed by atoms with E-state index in [0.717, 1.165) is 12.8 Å². The smallest absolute Gasteiger partial charge is 0.387 e. The van der Waals surface area contributed by atoms with Crippen LogP contribution >= 0.6 is 23.2 Å².